The Hall–Kier alpha value is -2.71. The van der Waals surface area contributed by atoms with E-state index in [4.69, 9.17) is 5.73 Å². The van der Waals surface area contributed by atoms with Gasteiger partial charge in [0.2, 0.25) is 17.8 Å². The molecule has 0 saturated carbocycles. The summed E-state index contributed by atoms with van der Waals surface area (Å²) in [7, 11) is 0. The molecule has 0 radical (unpaired) electrons. The van der Waals surface area contributed by atoms with E-state index in [1.54, 1.807) is 0 Å². The van der Waals surface area contributed by atoms with Gasteiger partial charge in [-0.3, -0.25) is 9.59 Å². The van der Waals surface area contributed by atoms with E-state index in [1.165, 1.54) is 0 Å². The van der Waals surface area contributed by atoms with Crippen LogP contribution in [0.3, 0.4) is 0 Å². The molecule has 1 fully saturated rings. The van der Waals surface area contributed by atoms with Crippen LogP contribution in [0.15, 0.2) is 6.07 Å². The van der Waals surface area contributed by atoms with Crippen molar-refractivity contribution in [2.75, 3.05) is 18.0 Å². The second kappa shape index (κ2) is 8.59. The zero-order valence-electron chi connectivity index (χ0n) is 15.1. The van der Waals surface area contributed by atoms with Gasteiger partial charge in [0, 0.05) is 36.8 Å². The van der Waals surface area contributed by atoms with E-state index in [-0.39, 0.29) is 24.7 Å². The van der Waals surface area contributed by atoms with Crippen molar-refractivity contribution in [2.24, 2.45) is 11.7 Å². The van der Waals surface area contributed by atoms with Crippen molar-refractivity contribution in [1.82, 2.24) is 15.3 Å². The summed E-state index contributed by atoms with van der Waals surface area (Å²) in [6, 6.07) is 0.803. The number of primary amides is 1. The van der Waals surface area contributed by atoms with Crippen molar-refractivity contribution in [3.8, 4) is 0 Å². The first kappa shape index (κ1) is 19.6. The number of amides is 2. The minimum atomic E-state index is -1.17. The zero-order valence-corrected chi connectivity index (χ0v) is 15.1. The molecule has 1 unspecified atom stereocenters. The summed E-state index contributed by atoms with van der Waals surface area (Å²) >= 11 is 0. The Balaban J connectivity index is 1.90. The molecular formula is C17H25N5O4. The molecule has 0 aliphatic carbocycles. The van der Waals surface area contributed by atoms with Crippen molar-refractivity contribution in [2.45, 2.75) is 45.6 Å². The number of hydrogen-bond acceptors (Lipinski definition) is 6. The molecule has 2 heterocycles. The third-order valence-electron chi connectivity index (χ3n) is 4.41. The molecular weight excluding hydrogens is 338 g/mol. The lowest BCUT2D eigenvalue weighted by Gasteiger charge is -2.32. The Bertz CT molecular complexity index is 665. The Morgan fingerprint density at radius 3 is 2.35 bits per heavy atom. The second-order valence-electron chi connectivity index (χ2n) is 6.62. The van der Waals surface area contributed by atoms with Crippen molar-refractivity contribution < 1.29 is 19.5 Å². The number of carboxylic acids is 1. The minimum Gasteiger partial charge on any atom is -0.480 e. The third kappa shape index (κ3) is 5.40. The molecule has 2 amide bonds. The van der Waals surface area contributed by atoms with Crippen molar-refractivity contribution in [3.63, 3.8) is 0 Å². The van der Waals surface area contributed by atoms with Gasteiger partial charge in [0.25, 0.3) is 0 Å². The average molecular weight is 363 g/mol. The molecule has 26 heavy (non-hydrogen) atoms. The minimum absolute atomic E-state index is 0.00827. The normalized spacial score (nSPS) is 16.2. The van der Waals surface area contributed by atoms with Gasteiger partial charge in [-0.2, -0.15) is 0 Å². The smallest absolute Gasteiger partial charge is 0.326 e. The van der Waals surface area contributed by atoms with Crippen LogP contribution in [-0.2, 0) is 14.4 Å². The van der Waals surface area contributed by atoms with Gasteiger partial charge < -0.3 is 21.1 Å². The zero-order chi connectivity index (χ0) is 19.3. The molecule has 1 aliphatic rings. The fourth-order valence-corrected chi connectivity index (χ4v) is 3.02. The predicted octanol–water partition coefficient (Wildman–Crippen LogP) is 0.145. The summed E-state index contributed by atoms with van der Waals surface area (Å²) in [6.45, 7) is 5.08. The van der Waals surface area contributed by atoms with Crippen LogP contribution < -0.4 is 16.0 Å². The average Bonchev–Trinajstić information content (AvgIpc) is 2.57. The highest BCUT2D eigenvalue weighted by atomic mass is 16.4. The van der Waals surface area contributed by atoms with Gasteiger partial charge in [0.1, 0.15) is 6.04 Å². The largest absolute Gasteiger partial charge is 0.480 e. The van der Waals surface area contributed by atoms with E-state index in [2.05, 4.69) is 15.3 Å². The molecule has 9 nitrogen and oxygen atoms in total. The van der Waals surface area contributed by atoms with Gasteiger partial charge in [0.05, 0.1) is 0 Å². The SMILES string of the molecule is Cc1cc(C)nc(N2CCC(C(=O)NC(CCC(N)=O)C(=O)O)CC2)n1. The number of rotatable bonds is 7. The molecule has 1 aliphatic heterocycles. The van der Waals surface area contributed by atoms with Crippen molar-refractivity contribution in [1.29, 1.82) is 0 Å². The van der Waals surface area contributed by atoms with E-state index in [0.717, 1.165) is 11.4 Å². The molecule has 1 aromatic heterocycles. The molecule has 142 valence electrons. The lowest BCUT2D eigenvalue weighted by atomic mass is 9.95. The lowest BCUT2D eigenvalue weighted by Crippen LogP contribution is -2.47. The van der Waals surface area contributed by atoms with E-state index >= 15 is 0 Å². The number of carbonyl (C=O) groups excluding carboxylic acids is 2. The van der Waals surface area contributed by atoms with Crippen LogP contribution in [0.5, 0.6) is 0 Å². The number of carbonyl (C=O) groups is 3. The molecule has 1 atom stereocenters. The number of aliphatic carboxylic acids is 1. The highest BCUT2D eigenvalue weighted by Gasteiger charge is 2.29. The Morgan fingerprint density at radius 1 is 1.27 bits per heavy atom. The maximum atomic E-state index is 12.4. The van der Waals surface area contributed by atoms with E-state index in [1.807, 2.05) is 24.8 Å². The summed E-state index contributed by atoms with van der Waals surface area (Å²) in [5.74, 6) is -1.67. The standard InChI is InChI=1S/C17H25N5O4/c1-10-9-11(2)20-17(19-10)22-7-5-12(6-8-22)15(24)21-13(16(25)26)3-4-14(18)23/h9,12-13H,3-8H2,1-2H3,(H2,18,23)(H,21,24)(H,25,26). The van der Waals surface area contributed by atoms with Crippen LogP contribution in [0.25, 0.3) is 0 Å². The fourth-order valence-electron chi connectivity index (χ4n) is 3.02. The Kier molecular flexibility index (Phi) is 6.48. The number of nitrogens with one attached hydrogen (secondary N) is 1. The van der Waals surface area contributed by atoms with Gasteiger partial charge >= 0.3 is 5.97 Å². The molecule has 0 spiro atoms. The maximum Gasteiger partial charge on any atom is 0.326 e. The third-order valence-corrected chi connectivity index (χ3v) is 4.41. The van der Waals surface area contributed by atoms with Crippen molar-refractivity contribution in [3.05, 3.63) is 17.5 Å². The Labute approximate surface area is 152 Å². The van der Waals surface area contributed by atoms with E-state index in [9.17, 15) is 19.5 Å². The molecule has 4 N–H and O–H groups in total. The monoisotopic (exact) mass is 363 g/mol. The van der Waals surface area contributed by atoms with Gasteiger partial charge in [-0.15, -0.1) is 0 Å². The number of aromatic nitrogens is 2. The number of nitrogens with two attached hydrogens (primary N) is 1. The highest BCUT2D eigenvalue weighted by molar-refractivity contribution is 5.85. The van der Waals surface area contributed by atoms with Crippen LogP contribution in [-0.4, -0.2) is 52.0 Å². The summed E-state index contributed by atoms with van der Waals surface area (Å²) in [5, 5.41) is 11.7. The predicted molar refractivity (Wildman–Crippen MR) is 94.4 cm³/mol. The number of anilines is 1. The van der Waals surface area contributed by atoms with Crippen LogP contribution in [0.2, 0.25) is 0 Å². The Morgan fingerprint density at radius 2 is 1.85 bits per heavy atom. The van der Waals surface area contributed by atoms with Crippen molar-refractivity contribution >= 4 is 23.7 Å². The van der Waals surface area contributed by atoms with Gasteiger partial charge in [0.15, 0.2) is 0 Å². The quantitative estimate of drug-likeness (QED) is 0.626. The summed E-state index contributed by atoms with van der Waals surface area (Å²) in [4.78, 5) is 45.3. The molecule has 0 aromatic carbocycles. The summed E-state index contributed by atoms with van der Waals surface area (Å²) < 4.78 is 0. The lowest BCUT2D eigenvalue weighted by molar-refractivity contribution is -0.143. The summed E-state index contributed by atoms with van der Waals surface area (Å²) in [6.07, 6.45) is 1.08. The first-order valence-electron chi connectivity index (χ1n) is 8.65. The molecule has 1 aromatic rings. The van der Waals surface area contributed by atoms with Crippen LogP contribution >= 0.6 is 0 Å². The fraction of sp³-hybridized carbons (Fsp3) is 0.588. The van der Waals surface area contributed by atoms with E-state index in [0.29, 0.717) is 31.9 Å². The molecule has 2 rings (SSSR count). The number of hydrogen-bond donors (Lipinski definition) is 3. The number of carboxylic acid groups (broad SMARTS) is 1. The topological polar surface area (TPSA) is 139 Å². The van der Waals surface area contributed by atoms with Crippen LogP contribution in [0, 0.1) is 19.8 Å². The number of piperidine rings is 1. The number of nitrogens with zero attached hydrogens (tertiary/aromatic N) is 3. The highest BCUT2D eigenvalue weighted by Crippen LogP contribution is 2.21. The number of aryl methyl sites for hydroxylation is 2. The molecule has 0 bridgehead atoms. The first-order chi connectivity index (χ1) is 12.3. The maximum absolute atomic E-state index is 12.4. The molecule has 1 saturated heterocycles. The summed E-state index contributed by atoms with van der Waals surface area (Å²) in [5.41, 5.74) is 6.83. The van der Waals surface area contributed by atoms with Crippen LogP contribution in [0.1, 0.15) is 37.1 Å². The van der Waals surface area contributed by atoms with E-state index < -0.39 is 17.9 Å². The molecule has 9 heteroatoms. The second-order valence-corrected chi connectivity index (χ2v) is 6.62. The first-order valence-corrected chi connectivity index (χ1v) is 8.65. The van der Waals surface area contributed by atoms with Crippen LogP contribution in [0.4, 0.5) is 5.95 Å². The van der Waals surface area contributed by atoms with Gasteiger partial charge in [-0.25, -0.2) is 14.8 Å². The van der Waals surface area contributed by atoms with Gasteiger partial charge in [-0.05, 0) is 39.2 Å². The van der Waals surface area contributed by atoms with Gasteiger partial charge in [-0.1, -0.05) is 0 Å².